The van der Waals surface area contributed by atoms with Crippen LogP contribution < -0.4 is 0 Å². The van der Waals surface area contributed by atoms with Crippen molar-refractivity contribution in [2.75, 3.05) is 13.1 Å². The maximum atomic E-state index is 10.6. The number of aryl methyl sites for hydroxylation is 1. The van der Waals surface area contributed by atoms with Crippen LogP contribution >= 0.6 is 0 Å². The number of nitrogens with zero attached hydrogens (tertiary/aromatic N) is 3. The molecule has 106 valence electrons. The molecular weight excluding hydrogens is 242 g/mol. The zero-order valence-electron chi connectivity index (χ0n) is 12.2. The minimum atomic E-state index is -0.693. The molecule has 0 bridgehead atoms. The molecule has 0 aromatic carbocycles. The summed E-state index contributed by atoms with van der Waals surface area (Å²) in [5.41, 5.74) is 2.43. The highest BCUT2D eigenvalue weighted by atomic mass is 16.4. The first-order valence-electron chi connectivity index (χ1n) is 6.73. The summed E-state index contributed by atoms with van der Waals surface area (Å²) in [6.07, 6.45) is 2.36. The number of hydrogen-bond acceptors (Lipinski definition) is 3. The van der Waals surface area contributed by atoms with E-state index in [-0.39, 0.29) is 11.8 Å². The average Bonchev–Trinajstić information content (AvgIpc) is 2.55. The Morgan fingerprint density at radius 2 is 2.11 bits per heavy atom. The van der Waals surface area contributed by atoms with Gasteiger partial charge in [0, 0.05) is 43.9 Å². The van der Waals surface area contributed by atoms with Gasteiger partial charge >= 0.3 is 5.97 Å². The van der Waals surface area contributed by atoms with Crippen molar-refractivity contribution in [1.82, 2.24) is 14.7 Å². The molecule has 0 atom stereocenters. The molecule has 1 saturated heterocycles. The summed E-state index contributed by atoms with van der Waals surface area (Å²) in [5, 5.41) is 13.3. The third-order valence-corrected chi connectivity index (χ3v) is 3.51. The minimum Gasteiger partial charge on any atom is -0.481 e. The van der Waals surface area contributed by atoms with E-state index in [1.54, 1.807) is 0 Å². The van der Waals surface area contributed by atoms with Crippen LogP contribution in [0.15, 0.2) is 6.20 Å². The molecule has 0 unspecified atom stereocenters. The van der Waals surface area contributed by atoms with E-state index >= 15 is 0 Å². The normalized spacial score (nSPS) is 17.5. The van der Waals surface area contributed by atoms with Crippen LogP contribution in [-0.2, 0) is 23.8 Å². The van der Waals surface area contributed by atoms with Gasteiger partial charge in [-0.2, -0.15) is 5.10 Å². The van der Waals surface area contributed by atoms with Crippen LogP contribution in [-0.4, -0.2) is 38.8 Å². The lowest BCUT2D eigenvalue weighted by Crippen LogP contribution is -2.46. The largest absolute Gasteiger partial charge is 0.481 e. The number of aliphatic carboxylic acids is 1. The molecule has 0 saturated carbocycles. The molecule has 1 aliphatic heterocycles. The lowest BCUT2D eigenvalue weighted by molar-refractivity contribution is -0.139. The summed E-state index contributed by atoms with van der Waals surface area (Å²) >= 11 is 0. The van der Waals surface area contributed by atoms with Crippen LogP contribution in [0.5, 0.6) is 0 Å². The third kappa shape index (κ3) is 3.35. The second-order valence-electron chi connectivity index (χ2n) is 6.58. The van der Waals surface area contributed by atoms with Gasteiger partial charge in [-0.05, 0) is 5.92 Å². The molecule has 1 aliphatic rings. The van der Waals surface area contributed by atoms with Crippen molar-refractivity contribution in [2.45, 2.75) is 39.2 Å². The number of carboxylic acid groups (broad SMARTS) is 1. The van der Waals surface area contributed by atoms with Crippen LogP contribution in [0, 0.1) is 5.92 Å². The van der Waals surface area contributed by atoms with Crippen LogP contribution in [0.25, 0.3) is 0 Å². The monoisotopic (exact) mass is 265 g/mol. The Bertz CT molecular complexity index is 468. The second kappa shape index (κ2) is 4.96. The van der Waals surface area contributed by atoms with Gasteiger partial charge in [-0.1, -0.05) is 20.8 Å². The Kier molecular flexibility index (Phi) is 3.67. The van der Waals surface area contributed by atoms with Gasteiger partial charge in [0.05, 0.1) is 12.1 Å². The van der Waals surface area contributed by atoms with E-state index in [0.29, 0.717) is 5.92 Å². The Balaban J connectivity index is 1.96. The number of rotatable bonds is 4. The molecule has 1 N–H and O–H groups in total. The van der Waals surface area contributed by atoms with Crippen molar-refractivity contribution in [2.24, 2.45) is 13.0 Å². The molecular formula is C14H23N3O2. The number of hydrogen-bond donors (Lipinski definition) is 1. The Morgan fingerprint density at radius 3 is 2.63 bits per heavy atom. The lowest BCUT2D eigenvalue weighted by Gasteiger charge is -2.38. The molecule has 0 radical (unpaired) electrons. The van der Waals surface area contributed by atoms with Crippen LogP contribution in [0.3, 0.4) is 0 Å². The summed E-state index contributed by atoms with van der Waals surface area (Å²) in [7, 11) is 1.95. The average molecular weight is 265 g/mol. The molecule has 0 aliphatic carbocycles. The predicted molar refractivity (Wildman–Crippen MR) is 72.9 cm³/mol. The fraction of sp³-hybridized carbons (Fsp3) is 0.714. The van der Waals surface area contributed by atoms with E-state index in [0.717, 1.165) is 25.3 Å². The van der Waals surface area contributed by atoms with Crippen molar-refractivity contribution >= 4 is 5.97 Å². The van der Waals surface area contributed by atoms with Gasteiger partial charge in [-0.25, -0.2) is 0 Å². The molecule has 2 heterocycles. The van der Waals surface area contributed by atoms with Gasteiger partial charge in [0.15, 0.2) is 0 Å². The Labute approximate surface area is 114 Å². The zero-order valence-corrected chi connectivity index (χ0v) is 12.2. The topological polar surface area (TPSA) is 58.4 Å². The molecule has 0 amide bonds. The second-order valence-corrected chi connectivity index (χ2v) is 6.58. The quantitative estimate of drug-likeness (QED) is 0.899. The van der Waals surface area contributed by atoms with Crippen molar-refractivity contribution in [3.63, 3.8) is 0 Å². The first kappa shape index (κ1) is 14.1. The van der Waals surface area contributed by atoms with Crippen LogP contribution in [0.4, 0.5) is 0 Å². The van der Waals surface area contributed by atoms with E-state index in [1.807, 2.05) is 11.7 Å². The van der Waals surface area contributed by atoms with Crippen LogP contribution in [0.2, 0.25) is 0 Å². The van der Waals surface area contributed by atoms with E-state index in [9.17, 15) is 4.79 Å². The van der Waals surface area contributed by atoms with Crippen LogP contribution in [0.1, 0.15) is 38.4 Å². The van der Waals surface area contributed by atoms with Gasteiger partial charge in [-0.15, -0.1) is 0 Å². The SMILES string of the molecule is Cn1cc(CN2CC(CC(=O)O)C2)c(C(C)(C)C)n1. The molecule has 19 heavy (non-hydrogen) atoms. The zero-order chi connectivity index (χ0) is 14.2. The number of likely N-dealkylation sites (tertiary alicyclic amines) is 1. The molecule has 1 fully saturated rings. The minimum absolute atomic E-state index is 0.0436. The lowest BCUT2D eigenvalue weighted by atomic mass is 9.88. The van der Waals surface area contributed by atoms with Gasteiger partial charge in [0.25, 0.3) is 0 Å². The molecule has 1 aromatic heterocycles. The van der Waals surface area contributed by atoms with Gasteiger partial charge in [0.1, 0.15) is 0 Å². The summed E-state index contributed by atoms with van der Waals surface area (Å²) in [4.78, 5) is 12.9. The molecule has 2 rings (SSSR count). The van der Waals surface area contributed by atoms with E-state index in [4.69, 9.17) is 5.11 Å². The molecule has 5 nitrogen and oxygen atoms in total. The number of aromatic nitrogens is 2. The van der Waals surface area contributed by atoms with Crippen molar-refractivity contribution < 1.29 is 9.90 Å². The van der Waals surface area contributed by atoms with Crippen molar-refractivity contribution in [3.05, 3.63) is 17.5 Å². The molecule has 1 aromatic rings. The summed E-state index contributed by atoms with van der Waals surface area (Å²) in [5.74, 6) is -0.381. The number of carbonyl (C=O) groups is 1. The van der Waals surface area contributed by atoms with Crippen molar-refractivity contribution in [1.29, 1.82) is 0 Å². The fourth-order valence-electron chi connectivity index (χ4n) is 2.71. The van der Waals surface area contributed by atoms with Gasteiger partial charge in [0.2, 0.25) is 0 Å². The Hall–Kier alpha value is -1.36. The van der Waals surface area contributed by atoms with E-state index < -0.39 is 5.97 Å². The number of carboxylic acids is 1. The third-order valence-electron chi connectivity index (χ3n) is 3.51. The van der Waals surface area contributed by atoms with Gasteiger partial charge < -0.3 is 5.11 Å². The Morgan fingerprint density at radius 1 is 1.47 bits per heavy atom. The fourth-order valence-corrected chi connectivity index (χ4v) is 2.71. The standard InChI is InChI=1S/C14H23N3O2/c1-14(2,3)13-11(8-16(4)15-13)9-17-6-10(7-17)5-12(18)19/h8,10H,5-7,9H2,1-4H3,(H,18,19). The first-order valence-corrected chi connectivity index (χ1v) is 6.73. The maximum Gasteiger partial charge on any atom is 0.303 e. The molecule has 5 heteroatoms. The summed E-state index contributed by atoms with van der Waals surface area (Å²) in [6, 6.07) is 0. The maximum absolute atomic E-state index is 10.6. The first-order chi connectivity index (χ1) is 8.75. The smallest absolute Gasteiger partial charge is 0.303 e. The van der Waals surface area contributed by atoms with Crippen molar-refractivity contribution in [3.8, 4) is 0 Å². The highest BCUT2D eigenvalue weighted by Gasteiger charge is 2.30. The van der Waals surface area contributed by atoms with E-state index in [2.05, 4.69) is 37.0 Å². The van der Waals surface area contributed by atoms with E-state index in [1.165, 1.54) is 5.56 Å². The highest BCUT2D eigenvalue weighted by molar-refractivity contribution is 5.67. The van der Waals surface area contributed by atoms with Gasteiger partial charge in [-0.3, -0.25) is 14.4 Å². The summed E-state index contributed by atoms with van der Waals surface area (Å²) < 4.78 is 1.87. The highest BCUT2D eigenvalue weighted by Crippen LogP contribution is 2.28. The summed E-state index contributed by atoms with van der Waals surface area (Å²) in [6.45, 7) is 9.14. The molecule has 0 spiro atoms. The predicted octanol–water partition coefficient (Wildman–Crippen LogP) is 1.62.